The monoisotopic (exact) mass is 357 g/mol. The van der Waals surface area contributed by atoms with Gasteiger partial charge in [-0.15, -0.1) is 0 Å². The predicted octanol–water partition coefficient (Wildman–Crippen LogP) is 4.55. The first kappa shape index (κ1) is 17.1. The largest absolute Gasteiger partial charge is 0.486 e. The molecule has 4 nitrogen and oxygen atoms in total. The maximum absolute atomic E-state index is 12.9. The Morgan fingerprint density at radius 1 is 1.23 bits per heavy atom. The summed E-state index contributed by atoms with van der Waals surface area (Å²) in [6.07, 6.45) is 5.23. The number of amides is 1. The Balaban J connectivity index is 1.30. The summed E-state index contributed by atoms with van der Waals surface area (Å²) in [5, 5.41) is 3.10. The normalized spacial score (nSPS) is 25.2. The van der Waals surface area contributed by atoms with Gasteiger partial charge in [-0.25, -0.2) is 4.39 Å². The zero-order valence-electron chi connectivity index (χ0n) is 14.9. The molecule has 2 fully saturated rings. The SMILES string of the molecule is C[C@H](NC(=O)c1ccc(COc2ccc(F)cc2)o1)[C@@H]1C[C@@H]2CC[C@@H]1C2. The van der Waals surface area contributed by atoms with Crippen molar-refractivity contribution < 1.29 is 18.3 Å². The molecule has 4 rings (SSSR count). The van der Waals surface area contributed by atoms with Crippen molar-refractivity contribution in [3.8, 4) is 5.75 Å². The summed E-state index contributed by atoms with van der Waals surface area (Å²) in [5.41, 5.74) is 0. The van der Waals surface area contributed by atoms with Crippen LogP contribution in [-0.4, -0.2) is 11.9 Å². The fraction of sp³-hybridized carbons (Fsp3) is 0.476. The van der Waals surface area contributed by atoms with Gasteiger partial charge in [-0.05, 0) is 80.3 Å². The number of fused-ring (bicyclic) bond motifs is 2. The number of hydrogen-bond donors (Lipinski definition) is 1. The molecule has 2 saturated carbocycles. The van der Waals surface area contributed by atoms with E-state index in [1.807, 2.05) is 0 Å². The van der Waals surface area contributed by atoms with Gasteiger partial charge in [-0.2, -0.15) is 0 Å². The average Bonchev–Trinajstić information content (AvgIpc) is 3.37. The molecule has 0 unspecified atom stereocenters. The summed E-state index contributed by atoms with van der Waals surface area (Å²) in [5.74, 6) is 3.17. The third-order valence-corrected chi connectivity index (χ3v) is 5.87. The summed E-state index contributed by atoms with van der Waals surface area (Å²) in [7, 11) is 0. The molecule has 2 bridgehead atoms. The number of benzene rings is 1. The predicted molar refractivity (Wildman–Crippen MR) is 95.3 cm³/mol. The first-order chi connectivity index (χ1) is 12.6. The maximum Gasteiger partial charge on any atom is 0.287 e. The van der Waals surface area contributed by atoms with Gasteiger partial charge in [0, 0.05) is 6.04 Å². The quantitative estimate of drug-likeness (QED) is 0.825. The molecule has 0 radical (unpaired) electrons. The molecule has 2 aliphatic carbocycles. The zero-order valence-corrected chi connectivity index (χ0v) is 14.9. The number of carbonyl (C=O) groups is 1. The van der Waals surface area contributed by atoms with Crippen molar-refractivity contribution in [2.75, 3.05) is 0 Å². The number of halogens is 1. The van der Waals surface area contributed by atoms with Crippen molar-refractivity contribution in [1.82, 2.24) is 5.32 Å². The molecular formula is C21H24FNO3. The van der Waals surface area contributed by atoms with Gasteiger partial charge in [-0.3, -0.25) is 4.79 Å². The maximum atomic E-state index is 12.9. The van der Waals surface area contributed by atoms with Crippen LogP contribution >= 0.6 is 0 Å². The van der Waals surface area contributed by atoms with Gasteiger partial charge in [0.2, 0.25) is 0 Å². The van der Waals surface area contributed by atoms with Crippen LogP contribution in [0.3, 0.4) is 0 Å². The van der Waals surface area contributed by atoms with Crippen molar-refractivity contribution in [3.63, 3.8) is 0 Å². The third-order valence-electron chi connectivity index (χ3n) is 5.87. The topological polar surface area (TPSA) is 51.5 Å². The second kappa shape index (κ2) is 7.14. The van der Waals surface area contributed by atoms with Crippen LogP contribution in [0.2, 0.25) is 0 Å². The summed E-state index contributed by atoms with van der Waals surface area (Å²) in [4.78, 5) is 12.5. The number of furan rings is 1. The fourth-order valence-electron chi connectivity index (χ4n) is 4.55. The van der Waals surface area contributed by atoms with Gasteiger partial charge in [0.25, 0.3) is 5.91 Å². The highest BCUT2D eigenvalue weighted by Crippen LogP contribution is 2.49. The van der Waals surface area contributed by atoms with Crippen molar-refractivity contribution in [1.29, 1.82) is 0 Å². The Hall–Kier alpha value is -2.30. The van der Waals surface area contributed by atoms with E-state index < -0.39 is 0 Å². The van der Waals surface area contributed by atoms with Crippen LogP contribution in [0.1, 0.15) is 48.9 Å². The van der Waals surface area contributed by atoms with Gasteiger partial charge >= 0.3 is 0 Å². The highest BCUT2D eigenvalue weighted by Gasteiger charge is 2.42. The molecule has 1 amide bonds. The van der Waals surface area contributed by atoms with Gasteiger partial charge in [0.1, 0.15) is 23.9 Å². The summed E-state index contributed by atoms with van der Waals surface area (Å²) in [6, 6.07) is 9.38. The lowest BCUT2D eigenvalue weighted by atomic mass is 9.84. The van der Waals surface area contributed by atoms with Crippen LogP contribution in [-0.2, 0) is 6.61 Å². The third kappa shape index (κ3) is 3.62. The number of rotatable bonds is 6. The van der Waals surface area contributed by atoms with E-state index in [1.54, 1.807) is 24.3 Å². The first-order valence-corrected chi connectivity index (χ1v) is 9.36. The minimum absolute atomic E-state index is 0.168. The van der Waals surface area contributed by atoms with E-state index in [4.69, 9.17) is 9.15 Å². The highest BCUT2D eigenvalue weighted by molar-refractivity contribution is 5.91. The van der Waals surface area contributed by atoms with Crippen LogP contribution in [0, 0.1) is 23.6 Å². The van der Waals surface area contributed by atoms with Crippen LogP contribution in [0.4, 0.5) is 4.39 Å². The number of hydrogen-bond acceptors (Lipinski definition) is 3. The van der Waals surface area contributed by atoms with Crippen molar-refractivity contribution in [2.45, 2.75) is 45.3 Å². The molecule has 1 aromatic carbocycles. The molecule has 1 N–H and O–H groups in total. The molecule has 138 valence electrons. The fourth-order valence-corrected chi connectivity index (χ4v) is 4.55. The van der Waals surface area contributed by atoms with E-state index in [2.05, 4.69) is 12.2 Å². The van der Waals surface area contributed by atoms with E-state index in [-0.39, 0.29) is 24.4 Å². The van der Waals surface area contributed by atoms with Crippen molar-refractivity contribution >= 4 is 5.91 Å². The smallest absolute Gasteiger partial charge is 0.287 e. The lowest BCUT2D eigenvalue weighted by molar-refractivity contribution is 0.0883. The molecule has 1 aromatic heterocycles. The molecule has 4 atom stereocenters. The first-order valence-electron chi connectivity index (χ1n) is 9.36. The van der Waals surface area contributed by atoms with E-state index >= 15 is 0 Å². The summed E-state index contributed by atoms with van der Waals surface area (Å²) >= 11 is 0. The molecular weight excluding hydrogens is 333 g/mol. The summed E-state index contributed by atoms with van der Waals surface area (Å²) < 4.78 is 24.0. The van der Waals surface area contributed by atoms with E-state index in [1.165, 1.54) is 37.8 Å². The molecule has 2 aliphatic rings. The molecule has 1 heterocycles. The number of carbonyl (C=O) groups excluding carboxylic acids is 1. The van der Waals surface area contributed by atoms with Gasteiger partial charge in [0.05, 0.1) is 0 Å². The Labute approximate surface area is 152 Å². The van der Waals surface area contributed by atoms with Crippen molar-refractivity contribution in [3.05, 3.63) is 53.7 Å². The lowest BCUT2D eigenvalue weighted by Gasteiger charge is -2.28. The van der Waals surface area contributed by atoms with Gasteiger partial charge < -0.3 is 14.5 Å². The number of nitrogens with one attached hydrogen (secondary N) is 1. The molecule has 0 aliphatic heterocycles. The van der Waals surface area contributed by atoms with E-state index in [9.17, 15) is 9.18 Å². The molecule has 0 spiro atoms. The van der Waals surface area contributed by atoms with Crippen LogP contribution in [0.25, 0.3) is 0 Å². The van der Waals surface area contributed by atoms with E-state index in [0.29, 0.717) is 23.2 Å². The Morgan fingerprint density at radius 2 is 2.04 bits per heavy atom. The van der Waals surface area contributed by atoms with E-state index in [0.717, 1.165) is 11.8 Å². The second-order valence-electron chi connectivity index (χ2n) is 7.61. The molecule has 0 saturated heterocycles. The minimum Gasteiger partial charge on any atom is -0.486 e. The standard InChI is InChI=1S/C21H24FNO3/c1-13(19-11-14-2-3-15(19)10-14)23-21(24)20-9-8-18(26-20)12-25-17-6-4-16(22)5-7-17/h4-9,13-15,19H,2-3,10-12H2,1H3,(H,23,24)/t13-,14+,15+,19-/m0/s1. The molecule has 5 heteroatoms. The van der Waals surface area contributed by atoms with Crippen LogP contribution in [0.15, 0.2) is 40.8 Å². The van der Waals surface area contributed by atoms with Gasteiger partial charge in [-0.1, -0.05) is 6.42 Å². The van der Waals surface area contributed by atoms with Gasteiger partial charge in [0.15, 0.2) is 5.76 Å². The van der Waals surface area contributed by atoms with Crippen molar-refractivity contribution in [2.24, 2.45) is 17.8 Å². The van der Waals surface area contributed by atoms with Crippen LogP contribution < -0.4 is 10.1 Å². The Morgan fingerprint density at radius 3 is 2.73 bits per heavy atom. The minimum atomic E-state index is -0.307. The number of ether oxygens (including phenoxy) is 1. The Bertz CT molecular complexity index is 770. The second-order valence-corrected chi connectivity index (χ2v) is 7.61. The molecule has 2 aromatic rings. The lowest BCUT2D eigenvalue weighted by Crippen LogP contribution is -2.40. The zero-order chi connectivity index (χ0) is 18.1. The Kier molecular flexibility index (Phi) is 4.70. The molecule has 26 heavy (non-hydrogen) atoms. The van der Waals surface area contributed by atoms with Crippen LogP contribution in [0.5, 0.6) is 5.75 Å². The summed E-state index contributed by atoms with van der Waals surface area (Å²) in [6.45, 7) is 2.30. The average molecular weight is 357 g/mol. The highest BCUT2D eigenvalue weighted by atomic mass is 19.1.